The van der Waals surface area contributed by atoms with Crippen LogP contribution < -0.4 is 5.56 Å². The van der Waals surface area contributed by atoms with Crippen LogP contribution in [0.1, 0.15) is 55.1 Å². The smallest absolute Gasteiger partial charge is 0.254 e. The number of unbranched alkanes of at least 4 members (excludes halogenated alkanes) is 1. The molecule has 2 fully saturated rings. The Morgan fingerprint density at radius 3 is 2.78 bits per heavy atom. The number of carbonyl (C=O) groups excluding carboxylic acids is 1. The summed E-state index contributed by atoms with van der Waals surface area (Å²) in [6.45, 7) is 5.25. The van der Waals surface area contributed by atoms with Crippen molar-refractivity contribution in [3.8, 4) is 0 Å². The molecule has 1 aromatic heterocycles. The van der Waals surface area contributed by atoms with E-state index in [0.717, 1.165) is 25.0 Å². The summed E-state index contributed by atoms with van der Waals surface area (Å²) in [4.78, 5) is 29.0. The molecule has 2 heterocycles. The van der Waals surface area contributed by atoms with Crippen LogP contribution in [-0.4, -0.2) is 41.1 Å². The Hall–Kier alpha value is -1.62. The van der Waals surface area contributed by atoms with Gasteiger partial charge in [0, 0.05) is 30.4 Å². The van der Waals surface area contributed by atoms with Crippen molar-refractivity contribution in [1.82, 2.24) is 9.88 Å². The fraction of sp³-hybridized carbons (Fsp3) is 0.667. The number of ether oxygens (including phenoxy) is 1. The molecule has 1 saturated heterocycles. The van der Waals surface area contributed by atoms with E-state index in [9.17, 15) is 9.59 Å². The third kappa shape index (κ3) is 4.02. The first kappa shape index (κ1) is 16.2. The van der Waals surface area contributed by atoms with Crippen molar-refractivity contribution in [3.63, 3.8) is 0 Å². The van der Waals surface area contributed by atoms with Gasteiger partial charge >= 0.3 is 0 Å². The maximum Gasteiger partial charge on any atom is 0.254 e. The SMILES string of the molecule is CCCC[C@@H]1CN(C(=O)c2cc(C)[nH]c(=O)c2)C[C@H](C2CC2)O1. The zero-order valence-corrected chi connectivity index (χ0v) is 14.0. The molecule has 5 heteroatoms. The Morgan fingerprint density at radius 2 is 2.13 bits per heavy atom. The van der Waals surface area contributed by atoms with E-state index in [-0.39, 0.29) is 23.7 Å². The second kappa shape index (κ2) is 6.87. The highest BCUT2D eigenvalue weighted by atomic mass is 16.5. The average molecular weight is 318 g/mol. The predicted molar refractivity (Wildman–Crippen MR) is 88.6 cm³/mol. The molecule has 1 amide bonds. The summed E-state index contributed by atoms with van der Waals surface area (Å²) in [5.74, 6) is 0.560. The van der Waals surface area contributed by atoms with Crippen LogP contribution in [0.3, 0.4) is 0 Å². The zero-order chi connectivity index (χ0) is 16.4. The number of aryl methyl sites for hydroxylation is 1. The number of carbonyl (C=O) groups is 1. The minimum atomic E-state index is -0.220. The molecule has 1 saturated carbocycles. The Kier molecular flexibility index (Phi) is 4.85. The number of hydrogen-bond donors (Lipinski definition) is 1. The van der Waals surface area contributed by atoms with Crippen molar-refractivity contribution in [2.75, 3.05) is 13.1 Å². The topological polar surface area (TPSA) is 62.4 Å². The second-order valence-electron chi connectivity index (χ2n) is 6.90. The number of hydrogen-bond acceptors (Lipinski definition) is 3. The van der Waals surface area contributed by atoms with E-state index >= 15 is 0 Å². The Morgan fingerprint density at radius 1 is 1.35 bits per heavy atom. The lowest BCUT2D eigenvalue weighted by atomic mass is 10.1. The molecule has 0 radical (unpaired) electrons. The lowest BCUT2D eigenvalue weighted by Crippen LogP contribution is -2.51. The highest BCUT2D eigenvalue weighted by Gasteiger charge is 2.39. The summed E-state index contributed by atoms with van der Waals surface area (Å²) in [5, 5.41) is 0. The maximum absolute atomic E-state index is 12.8. The van der Waals surface area contributed by atoms with Crippen LogP contribution >= 0.6 is 0 Å². The first-order valence-electron chi connectivity index (χ1n) is 8.72. The maximum atomic E-state index is 12.8. The molecule has 0 aromatic carbocycles. The van der Waals surface area contributed by atoms with E-state index in [1.165, 1.54) is 18.9 Å². The summed E-state index contributed by atoms with van der Waals surface area (Å²) in [6.07, 6.45) is 5.95. The number of morpholine rings is 1. The largest absolute Gasteiger partial charge is 0.371 e. The number of amides is 1. The van der Waals surface area contributed by atoms with Crippen molar-refractivity contribution in [3.05, 3.63) is 33.7 Å². The minimum absolute atomic E-state index is 0.0466. The normalized spacial score (nSPS) is 24.7. The fourth-order valence-electron chi connectivity index (χ4n) is 3.34. The monoisotopic (exact) mass is 318 g/mol. The average Bonchev–Trinajstić information content (AvgIpc) is 3.36. The number of aromatic nitrogens is 1. The quantitative estimate of drug-likeness (QED) is 0.907. The number of H-pyrrole nitrogens is 1. The fourth-order valence-corrected chi connectivity index (χ4v) is 3.34. The van der Waals surface area contributed by atoms with Gasteiger partial charge < -0.3 is 14.6 Å². The highest BCUT2D eigenvalue weighted by Crippen LogP contribution is 2.37. The molecule has 126 valence electrons. The van der Waals surface area contributed by atoms with Gasteiger partial charge in [-0.3, -0.25) is 9.59 Å². The molecule has 5 nitrogen and oxygen atoms in total. The first-order chi connectivity index (χ1) is 11.1. The number of pyridine rings is 1. The van der Waals surface area contributed by atoms with E-state index in [4.69, 9.17) is 4.74 Å². The van der Waals surface area contributed by atoms with E-state index < -0.39 is 0 Å². The van der Waals surface area contributed by atoms with Crippen LogP contribution in [0, 0.1) is 12.8 Å². The Balaban J connectivity index is 1.75. The lowest BCUT2D eigenvalue weighted by Gasteiger charge is -2.38. The van der Waals surface area contributed by atoms with Gasteiger partial charge in [0.15, 0.2) is 0 Å². The molecular formula is C18H26N2O3. The van der Waals surface area contributed by atoms with Gasteiger partial charge in [-0.15, -0.1) is 0 Å². The molecule has 1 aliphatic carbocycles. The standard InChI is InChI=1S/C18H26N2O3/c1-3-4-5-15-10-20(11-16(23-15)13-6-7-13)18(22)14-8-12(2)19-17(21)9-14/h8-9,13,15-16H,3-7,10-11H2,1-2H3,(H,19,21)/t15-,16-/m1/s1. The molecule has 2 aliphatic rings. The van der Waals surface area contributed by atoms with Crippen LogP contribution in [-0.2, 0) is 4.74 Å². The molecule has 3 rings (SSSR count). The second-order valence-corrected chi connectivity index (χ2v) is 6.90. The summed E-state index contributed by atoms with van der Waals surface area (Å²) in [6, 6.07) is 3.16. The van der Waals surface area contributed by atoms with E-state index in [2.05, 4.69) is 11.9 Å². The molecule has 0 bridgehead atoms. The molecule has 1 aliphatic heterocycles. The Bertz CT molecular complexity index is 621. The van der Waals surface area contributed by atoms with Crippen LogP contribution in [0.25, 0.3) is 0 Å². The zero-order valence-electron chi connectivity index (χ0n) is 14.0. The van der Waals surface area contributed by atoms with Gasteiger partial charge in [0.1, 0.15) is 0 Å². The molecule has 1 aromatic rings. The van der Waals surface area contributed by atoms with Crippen LogP contribution in [0.15, 0.2) is 16.9 Å². The van der Waals surface area contributed by atoms with Crippen LogP contribution in [0.4, 0.5) is 0 Å². The first-order valence-corrected chi connectivity index (χ1v) is 8.72. The van der Waals surface area contributed by atoms with Gasteiger partial charge in [-0.1, -0.05) is 19.8 Å². The van der Waals surface area contributed by atoms with Crippen molar-refractivity contribution in [2.45, 2.75) is 58.2 Å². The summed E-state index contributed by atoms with van der Waals surface area (Å²) >= 11 is 0. The van der Waals surface area contributed by atoms with Crippen LogP contribution in [0.2, 0.25) is 0 Å². The van der Waals surface area contributed by atoms with E-state index in [0.29, 0.717) is 24.6 Å². The number of rotatable bonds is 5. The van der Waals surface area contributed by atoms with Gasteiger partial charge in [-0.05, 0) is 38.2 Å². The van der Waals surface area contributed by atoms with Crippen molar-refractivity contribution >= 4 is 5.91 Å². The third-order valence-corrected chi connectivity index (χ3v) is 4.73. The molecule has 0 spiro atoms. The number of nitrogens with one attached hydrogen (secondary N) is 1. The van der Waals surface area contributed by atoms with Crippen LogP contribution in [0.5, 0.6) is 0 Å². The Labute approximate surface area is 137 Å². The molecular weight excluding hydrogens is 292 g/mol. The highest BCUT2D eigenvalue weighted by molar-refractivity contribution is 5.94. The summed E-state index contributed by atoms with van der Waals surface area (Å²) in [5.41, 5.74) is 0.982. The van der Waals surface area contributed by atoms with Gasteiger partial charge in [-0.2, -0.15) is 0 Å². The summed E-state index contributed by atoms with van der Waals surface area (Å²) in [7, 11) is 0. The van der Waals surface area contributed by atoms with Gasteiger partial charge in [0.25, 0.3) is 5.91 Å². The lowest BCUT2D eigenvalue weighted by molar-refractivity contribution is -0.0874. The molecule has 1 N–H and O–H groups in total. The minimum Gasteiger partial charge on any atom is -0.371 e. The van der Waals surface area contributed by atoms with Gasteiger partial charge in [0.2, 0.25) is 5.56 Å². The van der Waals surface area contributed by atoms with E-state index in [1.54, 1.807) is 13.0 Å². The van der Waals surface area contributed by atoms with Gasteiger partial charge in [0.05, 0.1) is 12.2 Å². The molecule has 23 heavy (non-hydrogen) atoms. The van der Waals surface area contributed by atoms with E-state index in [1.807, 2.05) is 4.90 Å². The van der Waals surface area contributed by atoms with Gasteiger partial charge in [-0.25, -0.2) is 0 Å². The van der Waals surface area contributed by atoms with Crippen molar-refractivity contribution in [1.29, 1.82) is 0 Å². The number of aromatic amines is 1. The van der Waals surface area contributed by atoms with Crippen molar-refractivity contribution in [2.24, 2.45) is 5.92 Å². The molecule has 0 unspecified atom stereocenters. The number of nitrogens with zero attached hydrogens (tertiary/aromatic N) is 1. The summed E-state index contributed by atoms with van der Waals surface area (Å²) < 4.78 is 6.21. The van der Waals surface area contributed by atoms with Crippen molar-refractivity contribution < 1.29 is 9.53 Å². The predicted octanol–water partition coefficient (Wildman–Crippen LogP) is 2.49. The molecule has 2 atom stereocenters. The third-order valence-electron chi connectivity index (χ3n) is 4.73.